The first-order chi connectivity index (χ1) is 10.5. The lowest BCUT2D eigenvalue weighted by Gasteiger charge is -2.02. The van der Waals surface area contributed by atoms with Crippen LogP contribution in [0.5, 0.6) is 0 Å². The van der Waals surface area contributed by atoms with E-state index in [0.717, 1.165) is 27.1 Å². The van der Waals surface area contributed by atoms with Gasteiger partial charge >= 0.3 is 0 Å². The maximum Gasteiger partial charge on any atom is 0.260 e. The van der Waals surface area contributed by atoms with Crippen molar-refractivity contribution < 1.29 is 0 Å². The molecule has 0 aliphatic carbocycles. The predicted molar refractivity (Wildman–Crippen MR) is 96.8 cm³/mol. The fourth-order valence-electron chi connectivity index (χ4n) is 2.40. The van der Waals surface area contributed by atoms with Crippen LogP contribution in [0.1, 0.15) is 35.0 Å². The lowest BCUT2D eigenvalue weighted by Crippen LogP contribution is -2.10. The normalized spacial score (nSPS) is 12.0. The monoisotopic (exact) mass is 330 g/mol. The number of hydrogen-bond acceptors (Lipinski definition) is 4. The van der Waals surface area contributed by atoms with Gasteiger partial charge in [0.15, 0.2) is 0 Å². The van der Waals surface area contributed by atoms with Crippen molar-refractivity contribution in [1.29, 1.82) is 0 Å². The van der Waals surface area contributed by atoms with Crippen LogP contribution in [-0.4, -0.2) is 9.97 Å². The van der Waals surface area contributed by atoms with Gasteiger partial charge in [-0.2, -0.15) is 0 Å². The molecule has 0 amide bonds. The molecular weight excluding hydrogens is 312 g/mol. The van der Waals surface area contributed by atoms with Gasteiger partial charge in [-0.25, -0.2) is 4.98 Å². The average molecular weight is 330 g/mol. The second-order valence-corrected chi connectivity index (χ2v) is 7.95. The van der Waals surface area contributed by atoms with Crippen LogP contribution in [0.2, 0.25) is 0 Å². The zero-order valence-corrected chi connectivity index (χ0v) is 14.5. The molecule has 3 rings (SSSR count). The van der Waals surface area contributed by atoms with E-state index >= 15 is 0 Å². The van der Waals surface area contributed by atoms with E-state index in [0.29, 0.717) is 11.7 Å². The minimum absolute atomic E-state index is 0.0380. The van der Waals surface area contributed by atoms with Gasteiger partial charge in [0.2, 0.25) is 0 Å². The van der Waals surface area contributed by atoms with Crippen LogP contribution in [0.4, 0.5) is 0 Å². The molecular formula is C17H18N2OS2. The van der Waals surface area contributed by atoms with E-state index < -0.39 is 0 Å². The third-order valence-corrected chi connectivity index (χ3v) is 5.22. The largest absolute Gasteiger partial charge is 0.306 e. The van der Waals surface area contributed by atoms with Gasteiger partial charge in [0.05, 0.1) is 5.39 Å². The van der Waals surface area contributed by atoms with Crippen molar-refractivity contribution in [2.45, 2.75) is 27.2 Å². The highest BCUT2D eigenvalue weighted by Crippen LogP contribution is 2.24. The molecule has 3 aromatic heterocycles. The van der Waals surface area contributed by atoms with Gasteiger partial charge in [0.1, 0.15) is 10.7 Å². The summed E-state index contributed by atoms with van der Waals surface area (Å²) >= 11 is 3.27. The van der Waals surface area contributed by atoms with E-state index in [1.165, 1.54) is 4.88 Å². The summed E-state index contributed by atoms with van der Waals surface area (Å²) in [6.45, 7) is 6.40. The van der Waals surface area contributed by atoms with E-state index in [1.807, 2.05) is 12.2 Å². The SMILES string of the molecule is Cc1ccc(/C=C/c2nc3scc(CC(C)C)c3c(=O)[nH]2)s1. The Balaban J connectivity index is 1.96. The van der Waals surface area contributed by atoms with Gasteiger partial charge in [-0.3, -0.25) is 4.79 Å². The van der Waals surface area contributed by atoms with Crippen molar-refractivity contribution in [3.63, 3.8) is 0 Å². The Bertz CT molecular complexity index is 884. The molecule has 0 fully saturated rings. The summed E-state index contributed by atoms with van der Waals surface area (Å²) in [5, 5.41) is 2.81. The quantitative estimate of drug-likeness (QED) is 0.752. The first kappa shape index (κ1) is 15.2. The fraction of sp³-hybridized carbons (Fsp3) is 0.294. The molecule has 3 nitrogen and oxygen atoms in total. The molecule has 0 radical (unpaired) electrons. The molecule has 0 aromatic carbocycles. The van der Waals surface area contributed by atoms with E-state index in [1.54, 1.807) is 22.7 Å². The molecule has 1 N–H and O–H groups in total. The lowest BCUT2D eigenvalue weighted by molar-refractivity contribution is 0.651. The van der Waals surface area contributed by atoms with Gasteiger partial charge in [-0.1, -0.05) is 13.8 Å². The summed E-state index contributed by atoms with van der Waals surface area (Å²) in [6.07, 6.45) is 4.77. The van der Waals surface area contributed by atoms with Crippen LogP contribution in [0, 0.1) is 12.8 Å². The molecule has 3 heterocycles. The predicted octanol–water partition coefficient (Wildman–Crippen LogP) is 4.72. The second kappa shape index (κ2) is 6.18. The minimum Gasteiger partial charge on any atom is -0.306 e. The van der Waals surface area contributed by atoms with Crippen molar-refractivity contribution in [3.05, 3.63) is 49.0 Å². The number of aromatic nitrogens is 2. The lowest BCUT2D eigenvalue weighted by atomic mass is 10.0. The standard InChI is InChI=1S/C17H18N2OS2/c1-10(2)8-12-9-21-17-15(12)16(20)18-14(19-17)7-6-13-5-4-11(3)22-13/h4-7,9-10H,8H2,1-3H3,(H,18,19,20)/b7-6+. The van der Waals surface area contributed by atoms with Crippen molar-refractivity contribution in [2.75, 3.05) is 0 Å². The minimum atomic E-state index is -0.0380. The van der Waals surface area contributed by atoms with Gasteiger partial charge in [-0.15, -0.1) is 22.7 Å². The molecule has 0 aliphatic rings. The molecule has 114 valence electrons. The summed E-state index contributed by atoms with van der Waals surface area (Å²) in [5.41, 5.74) is 1.07. The Labute approximate surface area is 137 Å². The fourth-order valence-corrected chi connectivity index (χ4v) is 4.14. The number of H-pyrrole nitrogens is 1. The number of aryl methyl sites for hydroxylation is 1. The molecule has 0 aliphatic heterocycles. The van der Waals surface area contributed by atoms with Crippen LogP contribution in [-0.2, 0) is 6.42 Å². The Hall–Kier alpha value is -1.72. The van der Waals surface area contributed by atoms with Crippen molar-refractivity contribution >= 4 is 45.0 Å². The highest BCUT2D eigenvalue weighted by Gasteiger charge is 2.11. The average Bonchev–Trinajstić information content (AvgIpc) is 3.03. The van der Waals surface area contributed by atoms with Crippen LogP contribution in [0.15, 0.2) is 22.3 Å². The topological polar surface area (TPSA) is 45.8 Å². The first-order valence-electron chi connectivity index (χ1n) is 7.28. The van der Waals surface area contributed by atoms with E-state index in [9.17, 15) is 4.79 Å². The highest BCUT2D eigenvalue weighted by atomic mass is 32.1. The maximum absolute atomic E-state index is 12.4. The molecule has 0 atom stereocenters. The Morgan fingerprint density at radius 3 is 2.82 bits per heavy atom. The number of thiophene rings is 2. The smallest absolute Gasteiger partial charge is 0.260 e. The van der Waals surface area contributed by atoms with E-state index in [-0.39, 0.29) is 5.56 Å². The molecule has 0 unspecified atom stereocenters. The Morgan fingerprint density at radius 1 is 1.32 bits per heavy atom. The maximum atomic E-state index is 12.4. The number of nitrogens with zero attached hydrogens (tertiary/aromatic N) is 1. The van der Waals surface area contributed by atoms with Crippen LogP contribution in [0.25, 0.3) is 22.4 Å². The Morgan fingerprint density at radius 2 is 2.14 bits per heavy atom. The summed E-state index contributed by atoms with van der Waals surface area (Å²) in [7, 11) is 0. The molecule has 0 spiro atoms. The Kier molecular flexibility index (Phi) is 4.27. The number of fused-ring (bicyclic) bond motifs is 1. The molecule has 3 aromatic rings. The third kappa shape index (κ3) is 3.20. The summed E-state index contributed by atoms with van der Waals surface area (Å²) in [4.78, 5) is 23.1. The van der Waals surface area contributed by atoms with Gasteiger partial charge < -0.3 is 4.98 Å². The van der Waals surface area contributed by atoms with E-state index in [2.05, 4.69) is 48.3 Å². The zero-order chi connectivity index (χ0) is 15.7. The van der Waals surface area contributed by atoms with Crippen LogP contribution >= 0.6 is 22.7 Å². The summed E-state index contributed by atoms with van der Waals surface area (Å²) < 4.78 is 0. The zero-order valence-electron chi connectivity index (χ0n) is 12.8. The molecule has 0 saturated carbocycles. The number of nitrogens with one attached hydrogen (secondary N) is 1. The van der Waals surface area contributed by atoms with Crippen LogP contribution in [0.3, 0.4) is 0 Å². The van der Waals surface area contributed by atoms with Crippen LogP contribution < -0.4 is 5.56 Å². The first-order valence-corrected chi connectivity index (χ1v) is 8.97. The van der Waals surface area contributed by atoms with Gasteiger partial charge in [-0.05, 0) is 54.5 Å². The molecule has 0 bridgehead atoms. The summed E-state index contributed by atoms with van der Waals surface area (Å²) in [6, 6.07) is 4.15. The van der Waals surface area contributed by atoms with Crippen molar-refractivity contribution in [3.8, 4) is 0 Å². The van der Waals surface area contributed by atoms with Crippen molar-refractivity contribution in [1.82, 2.24) is 9.97 Å². The second-order valence-electron chi connectivity index (χ2n) is 5.77. The number of hydrogen-bond donors (Lipinski definition) is 1. The number of aromatic amines is 1. The van der Waals surface area contributed by atoms with Gasteiger partial charge in [0, 0.05) is 9.75 Å². The third-order valence-electron chi connectivity index (χ3n) is 3.33. The highest BCUT2D eigenvalue weighted by molar-refractivity contribution is 7.16. The van der Waals surface area contributed by atoms with Gasteiger partial charge in [0.25, 0.3) is 5.56 Å². The summed E-state index contributed by atoms with van der Waals surface area (Å²) in [5.74, 6) is 1.14. The molecule has 5 heteroatoms. The molecule has 0 saturated heterocycles. The number of rotatable bonds is 4. The van der Waals surface area contributed by atoms with Crippen molar-refractivity contribution in [2.24, 2.45) is 5.92 Å². The molecule has 22 heavy (non-hydrogen) atoms. The van der Waals surface area contributed by atoms with E-state index in [4.69, 9.17) is 0 Å².